The van der Waals surface area contributed by atoms with Gasteiger partial charge in [0, 0.05) is 49.1 Å². The number of unbranched alkanes of at least 4 members (excludes halogenated alkanes) is 2. The van der Waals surface area contributed by atoms with Gasteiger partial charge >= 0.3 is 6.03 Å². The number of hydrogen-bond acceptors (Lipinski definition) is 3. The van der Waals surface area contributed by atoms with E-state index < -0.39 is 29.3 Å². The molecule has 35 heavy (non-hydrogen) atoms. The van der Waals surface area contributed by atoms with Crippen LogP contribution in [0, 0.1) is 35.8 Å². The first-order valence-electron chi connectivity index (χ1n) is 11.2. The van der Waals surface area contributed by atoms with E-state index in [1.165, 1.54) is 24.2 Å². The van der Waals surface area contributed by atoms with Gasteiger partial charge in [-0.1, -0.05) is 42.4 Å². The molecule has 1 unspecified atom stereocenters. The summed E-state index contributed by atoms with van der Waals surface area (Å²) < 4.78 is 29.8. The predicted octanol–water partition coefficient (Wildman–Crippen LogP) is 5.30. The Morgan fingerprint density at radius 3 is 2.46 bits per heavy atom. The fourth-order valence-electron chi connectivity index (χ4n) is 3.72. The highest BCUT2D eigenvalue weighted by atomic mass is 19.1. The summed E-state index contributed by atoms with van der Waals surface area (Å²) >= 11 is 0. The number of aliphatic imine (C=N–C) groups is 1. The summed E-state index contributed by atoms with van der Waals surface area (Å²) in [4.78, 5) is 31.7. The van der Waals surface area contributed by atoms with Crippen LogP contribution in [0.3, 0.4) is 0 Å². The maximum absolute atomic E-state index is 14.9. The molecule has 1 aliphatic heterocycles. The third-order valence-electron chi connectivity index (χ3n) is 5.55. The van der Waals surface area contributed by atoms with Crippen molar-refractivity contribution in [3.8, 4) is 24.2 Å². The molecule has 0 saturated carbocycles. The van der Waals surface area contributed by atoms with Crippen molar-refractivity contribution in [3.05, 3.63) is 77.5 Å². The number of anilines is 1. The van der Waals surface area contributed by atoms with Crippen LogP contribution < -0.4 is 4.90 Å². The maximum Gasteiger partial charge on any atom is 0.331 e. The van der Waals surface area contributed by atoms with E-state index >= 15 is 0 Å². The van der Waals surface area contributed by atoms with Crippen molar-refractivity contribution in [3.63, 3.8) is 0 Å². The van der Waals surface area contributed by atoms with Crippen molar-refractivity contribution >= 4 is 23.8 Å². The second-order valence-electron chi connectivity index (χ2n) is 7.98. The molecule has 1 heterocycles. The van der Waals surface area contributed by atoms with E-state index in [0.717, 1.165) is 31.4 Å². The average molecular weight is 474 g/mol. The average Bonchev–Trinajstić information content (AvgIpc) is 2.84. The smallest absolute Gasteiger partial charge is 0.324 e. The number of carbonyl (C=O) groups excluding carboxylic acids is 2. The molecule has 1 atom stereocenters. The number of rotatable bonds is 7. The fraction of sp³-hybridized carbons (Fsp3) is 0.250. The molecule has 0 aliphatic carbocycles. The Bertz CT molecular complexity index is 1210. The number of terminal acetylenes is 1. The number of imide groups is 1. The van der Waals surface area contributed by atoms with Crippen LogP contribution >= 0.6 is 0 Å². The van der Waals surface area contributed by atoms with E-state index in [9.17, 15) is 18.4 Å². The molecule has 1 fully saturated rings. The van der Waals surface area contributed by atoms with Crippen molar-refractivity contribution in [1.29, 1.82) is 0 Å². The van der Waals surface area contributed by atoms with Gasteiger partial charge in [0.2, 0.25) is 5.91 Å². The third-order valence-corrected chi connectivity index (χ3v) is 5.55. The van der Waals surface area contributed by atoms with Gasteiger partial charge < -0.3 is 4.90 Å². The SMILES string of the molecule is C#C/C=C\N=C/CCCCC1CC(=O)N(c2c(F)cc(C#Cc3ccccc3)cc2F)C(=O)N1C. The molecule has 178 valence electrons. The van der Waals surface area contributed by atoms with Crippen molar-refractivity contribution in [1.82, 2.24) is 4.90 Å². The van der Waals surface area contributed by atoms with Crippen LogP contribution in [0.15, 0.2) is 59.7 Å². The van der Waals surface area contributed by atoms with E-state index in [2.05, 4.69) is 22.8 Å². The molecular weight excluding hydrogens is 448 g/mol. The van der Waals surface area contributed by atoms with Crippen molar-refractivity contribution in [2.24, 2.45) is 4.99 Å². The summed E-state index contributed by atoms with van der Waals surface area (Å²) in [6, 6.07) is 9.96. The highest BCUT2D eigenvalue weighted by Gasteiger charge is 2.39. The van der Waals surface area contributed by atoms with Crippen molar-refractivity contribution in [2.45, 2.75) is 38.1 Å². The van der Waals surface area contributed by atoms with Gasteiger partial charge in [-0.15, -0.1) is 6.42 Å². The molecule has 0 aromatic heterocycles. The Morgan fingerprint density at radius 2 is 1.77 bits per heavy atom. The zero-order valence-electron chi connectivity index (χ0n) is 19.4. The quantitative estimate of drug-likeness (QED) is 0.311. The Hall–Kier alpha value is -4.23. The van der Waals surface area contributed by atoms with Gasteiger partial charge in [-0.3, -0.25) is 9.79 Å². The van der Waals surface area contributed by atoms with E-state index in [1.54, 1.807) is 30.5 Å². The lowest BCUT2D eigenvalue weighted by Gasteiger charge is -2.38. The molecule has 3 rings (SSSR count). The molecule has 0 N–H and O–H groups in total. The standard InChI is InChI=1S/C28H25F2N3O2/c1-3-4-16-31-17-10-6-9-13-23-20-26(34)33(28(35)32(23)2)27-24(29)18-22(19-25(27)30)15-14-21-11-7-5-8-12-21/h1,4-5,7-8,11-12,16-19,23H,6,9-10,13,20H2,2H3/b16-4-,31-17-. The summed E-state index contributed by atoms with van der Waals surface area (Å²) in [6.45, 7) is 0. The molecule has 0 radical (unpaired) electrons. The van der Waals surface area contributed by atoms with Crippen LogP contribution in [0.5, 0.6) is 0 Å². The summed E-state index contributed by atoms with van der Waals surface area (Å²) in [5.41, 5.74) is 0.125. The number of halogens is 2. The second kappa shape index (κ2) is 12.3. The monoisotopic (exact) mass is 473 g/mol. The molecule has 0 bridgehead atoms. The first-order chi connectivity index (χ1) is 16.9. The summed E-state index contributed by atoms with van der Waals surface area (Å²) in [6.07, 6.45) is 12.7. The molecule has 1 saturated heterocycles. The first kappa shape index (κ1) is 25.4. The van der Waals surface area contributed by atoms with Crippen LogP contribution in [0.25, 0.3) is 0 Å². The van der Waals surface area contributed by atoms with Crippen molar-refractivity contribution < 1.29 is 18.4 Å². The zero-order valence-corrected chi connectivity index (χ0v) is 19.4. The Kier molecular flexibility index (Phi) is 8.92. The second-order valence-corrected chi connectivity index (χ2v) is 7.98. The molecule has 0 spiro atoms. The van der Waals surface area contributed by atoms with Crippen LogP contribution in [0.4, 0.5) is 19.3 Å². The number of allylic oxidation sites excluding steroid dienone is 1. The zero-order chi connectivity index (χ0) is 25.2. The Morgan fingerprint density at radius 1 is 1.09 bits per heavy atom. The normalized spacial score (nSPS) is 16.0. The minimum Gasteiger partial charge on any atom is -0.324 e. The van der Waals surface area contributed by atoms with Gasteiger partial charge in [0.1, 0.15) is 5.69 Å². The largest absolute Gasteiger partial charge is 0.331 e. The van der Waals surface area contributed by atoms with E-state index in [1.807, 2.05) is 6.07 Å². The Balaban J connectivity index is 1.67. The minimum atomic E-state index is -1.02. The molecule has 3 amide bonds. The van der Waals surface area contributed by atoms with Gasteiger partial charge in [-0.2, -0.15) is 0 Å². The summed E-state index contributed by atoms with van der Waals surface area (Å²) in [5.74, 6) is 5.20. The van der Waals surface area contributed by atoms with E-state index in [0.29, 0.717) is 16.9 Å². The van der Waals surface area contributed by atoms with Crippen LogP contribution in [-0.2, 0) is 4.79 Å². The minimum absolute atomic E-state index is 0.0182. The summed E-state index contributed by atoms with van der Waals surface area (Å²) in [5, 5.41) is 0. The van der Waals surface area contributed by atoms with Gasteiger partial charge in [-0.05, 0) is 43.5 Å². The number of benzene rings is 2. The fourth-order valence-corrected chi connectivity index (χ4v) is 3.72. The molecule has 7 heteroatoms. The maximum atomic E-state index is 14.9. The third kappa shape index (κ3) is 6.65. The topological polar surface area (TPSA) is 53.0 Å². The molecule has 2 aromatic carbocycles. The number of hydrogen-bond donors (Lipinski definition) is 0. The van der Waals surface area contributed by atoms with E-state index in [4.69, 9.17) is 6.42 Å². The lowest BCUT2D eigenvalue weighted by Crippen LogP contribution is -2.56. The van der Waals surface area contributed by atoms with E-state index in [-0.39, 0.29) is 18.0 Å². The van der Waals surface area contributed by atoms with Crippen molar-refractivity contribution in [2.75, 3.05) is 11.9 Å². The van der Waals surface area contributed by atoms with Gasteiger partial charge in [0.25, 0.3) is 0 Å². The van der Waals surface area contributed by atoms with Crippen LogP contribution in [0.1, 0.15) is 43.2 Å². The highest BCUT2D eigenvalue weighted by molar-refractivity contribution is 6.16. The van der Waals surface area contributed by atoms with Crippen LogP contribution in [0.2, 0.25) is 0 Å². The lowest BCUT2D eigenvalue weighted by molar-refractivity contribution is -0.120. The highest BCUT2D eigenvalue weighted by Crippen LogP contribution is 2.31. The molecule has 1 aliphatic rings. The lowest BCUT2D eigenvalue weighted by atomic mass is 10.0. The molecule has 5 nitrogen and oxygen atoms in total. The van der Waals surface area contributed by atoms with Gasteiger partial charge in [0.15, 0.2) is 11.6 Å². The van der Waals surface area contributed by atoms with Gasteiger partial charge in [-0.25, -0.2) is 18.5 Å². The Labute approximate surface area is 204 Å². The molecule has 2 aromatic rings. The van der Waals surface area contributed by atoms with Gasteiger partial charge in [0.05, 0.1) is 0 Å². The number of amides is 3. The summed E-state index contributed by atoms with van der Waals surface area (Å²) in [7, 11) is 1.54. The predicted molar refractivity (Wildman–Crippen MR) is 133 cm³/mol. The number of carbonyl (C=O) groups is 2. The number of urea groups is 1. The molecular formula is C28H25F2N3O2. The number of nitrogens with zero attached hydrogens (tertiary/aromatic N) is 3. The van der Waals surface area contributed by atoms with Crippen LogP contribution in [-0.4, -0.2) is 36.1 Å². The first-order valence-corrected chi connectivity index (χ1v) is 11.2.